The van der Waals surface area contributed by atoms with Crippen LogP contribution in [-0.4, -0.2) is 49.6 Å². The number of thioether (sulfide) groups is 1. The molecule has 2 rings (SSSR count). The maximum Gasteiger partial charge on any atom is 0.274 e. The number of carbonyl (C=O) groups is 1. The Morgan fingerprint density at radius 3 is 2.63 bits per heavy atom. The number of carbonyl (C=O) groups excluding carboxylic acids is 1. The molecular formula is C17H25N3O5S2. The fraction of sp³-hybridized carbons (Fsp3) is 0.588. The minimum Gasteiger partial charge on any atom is -0.354 e. The lowest BCUT2D eigenvalue weighted by Crippen LogP contribution is -2.41. The minimum absolute atomic E-state index is 0.141. The Bertz CT molecular complexity index is 792. The Hall–Kier alpha value is -1.81. The average Bonchev–Trinajstić information content (AvgIpc) is 3.09. The van der Waals surface area contributed by atoms with Gasteiger partial charge in [-0.05, 0) is 25.8 Å². The maximum atomic E-state index is 12.2. The lowest BCUT2D eigenvalue weighted by molar-refractivity contribution is -0.385. The molecule has 0 bridgehead atoms. The molecule has 10 heteroatoms. The second-order valence-electron chi connectivity index (χ2n) is 6.58. The summed E-state index contributed by atoms with van der Waals surface area (Å²) < 4.78 is 25.3. The molecule has 0 saturated heterocycles. The number of sulfonamides is 1. The zero-order chi connectivity index (χ0) is 20.0. The molecule has 8 nitrogen and oxygen atoms in total. The van der Waals surface area contributed by atoms with Gasteiger partial charge in [-0.15, -0.1) is 0 Å². The van der Waals surface area contributed by atoms with Crippen molar-refractivity contribution in [2.75, 3.05) is 29.4 Å². The van der Waals surface area contributed by atoms with Crippen LogP contribution in [0.25, 0.3) is 0 Å². The first-order chi connectivity index (χ1) is 12.7. The number of nitro groups is 1. The second kappa shape index (κ2) is 9.41. The first kappa shape index (κ1) is 21.5. The molecule has 0 heterocycles. The van der Waals surface area contributed by atoms with Crippen LogP contribution in [-0.2, 0) is 14.8 Å². The average molecular weight is 416 g/mol. The number of benzene rings is 1. The molecule has 0 unspecified atom stereocenters. The molecule has 0 atom stereocenters. The molecule has 0 spiro atoms. The third kappa shape index (κ3) is 6.10. The van der Waals surface area contributed by atoms with Gasteiger partial charge in [-0.1, -0.05) is 18.9 Å². The van der Waals surface area contributed by atoms with E-state index < -0.39 is 27.4 Å². The predicted octanol–water partition coefficient (Wildman–Crippen LogP) is 2.46. The summed E-state index contributed by atoms with van der Waals surface area (Å²) in [5.74, 6) is 0.351. The van der Waals surface area contributed by atoms with Crippen LogP contribution in [0.15, 0.2) is 18.2 Å². The van der Waals surface area contributed by atoms with Crippen LogP contribution in [0.1, 0.15) is 31.2 Å². The molecule has 1 fully saturated rings. The number of rotatable bonds is 9. The van der Waals surface area contributed by atoms with Crippen molar-refractivity contribution in [3.63, 3.8) is 0 Å². The van der Waals surface area contributed by atoms with Crippen LogP contribution < -0.4 is 9.62 Å². The van der Waals surface area contributed by atoms with E-state index in [1.165, 1.54) is 50.8 Å². The predicted molar refractivity (Wildman–Crippen MR) is 108 cm³/mol. The SMILES string of the molecule is Cc1c(N(CC(=O)NCCSC2CCCC2)S(C)(=O)=O)cccc1[N+](=O)[O-]. The summed E-state index contributed by atoms with van der Waals surface area (Å²) in [6.45, 7) is 1.53. The molecule has 1 amide bonds. The highest BCUT2D eigenvalue weighted by Gasteiger charge is 2.25. The van der Waals surface area contributed by atoms with Gasteiger partial charge in [0.25, 0.3) is 5.69 Å². The van der Waals surface area contributed by atoms with Crippen LogP contribution in [0.4, 0.5) is 11.4 Å². The first-order valence-corrected chi connectivity index (χ1v) is 11.7. The van der Waals surface area contributed by atoms with E-state index in [0.29, 0.717) is 11.8 Å². The van der Waals surface area contributed by atoms with Crippen molar-refractivity contribution >= 4 is 39.1 Å². The van der Waals surface area contributed by atoms with Crippen molar-refractivity contribution in [1.29, 1.82) is 0 Å². The molecule has 0 aliphatic heterocycles. The van der Waals surface area contributed by atoms with E-state index in [1.54, 1.807) is 0 Å². The van der Waals surface area contributed by atoms with E-state index in [0.717, 1.165) is 16.3 Å². The van der Waals surface area contributed by atoms with Crippen LogP contribution >= 0.6 is 11.8 Å². The molecule has 0 aromatic heterocycles. The topological polar surface area (TPSA) is 110 Å². The number of anilines is 1. The number of hydrogen-bond acceptors (Lipinski definition) is 6. The summed E-state index contributed by atoms with van der Waals surface area (Å²) in [4.78, 5) is 22.8. The minimum atomic E-state index is -3.78. The third-order valence-corrected chi connectivity index (χ3v) is 7.02. The lowest BCUT2D eigenvalue weighted by atomic mass is 10.1. The zero-order valence-electron chi connectivity index (χ0n) is 15.5. The van der Waals surface area contributed by atoms with Gasteiger partial charge in [0, 0.05) is 23.6 Å². The quantitative estimate of drug-likeness (QED) is 0.377. The van der Waals surface area contributed by atoms with Gasteiger partial charge in [-0.3, -0.25) is 19.2 Å². The zero-order valence-corrected chi connectivity index (χ0v) is 17.1. The number of nitrogens with zero attached hydrogens (tertiary/aromatic N) is 2. The fourth-order valence-corrected chi connectivity index (χ4v) is 5.24. The lowest BCUT2D eigenvalue weighted by Gasteiger charge is -2.23. The van der Waals surface area contributed by atoms with E-state index in [9.17, 15) is 23.3 Å². The highest BCUT2D eigenvalue weighted by molar-refractivity contribution is 7.99. The van der Waals surface area contributed by atoms with Crippen LogP contribution in [0.3, 0.4) is 0 Å². The van der Waals surface area contributed by atoms with Crippen molar-refractivity contribution in [1.82, 2.24) is 5.32 Å². The van der Waals surface area contributed by atoms with Crippen molar-refractivity contribution in [2.24, 2.45) is 0 Å². The Labute approximate surface area is 163 Å². The van der Waals surface area contributed by atoms with Gasteiger partial charge in [0.1, 0.15) is 6.54 Å². The van der Waals surface area contributed by atoms with E-state index in [-0.39, 0.29) is 16.9 Å². The second-order valence-corrected chi connectivity index (χ2v) is 9.89. The van der Waals surface area contributed by atoms with Gasteiger partial charge < -0.3 is 5.32 Å². The van der Waals surface area contributed by atoms with Crippen LogP contribution in [0.5, 0.6) is 0 Å². The molecule has 27 heavy (non-hydrogen) atoms. The molecule has 1 aromatic rings. The van der Waals surface area contributed by atoms with Crippen molar-refractivity contribution in [3.8, 4) is 0 Å². The fourth-order valence-electron chi connectivity index (χ4n) is 3.12. The molecule has 0 radical (unpaired) electrons. The Morgan fingerprint density at radius 2 is 2.04 bits per heavy atom. The highest BCUT2D eigenvalue weighted by atomic mass is 32.2. The monoisotopic (exact) mass is 415 g/mol. The van der Waals surface area contributed by atoms with E-state index >= 15 is 0 Å². The number of nitro benzene ring substituents is 1. The summed E-state index contributed by atoms with van der Waals surface area (Å²) in [6.07, 6.45) is 5.93. The van der Waals surface area contributed by atoms with Crippen molar-refractivity contribution in [3.05, 3.63) is 33.9 Å². The first-order valence-electron chi connectivity index (χ1n) is 8.80. The maximum absolute atomic E-state index is 12.2. The van der Waals surface area contributed by atoms with Gasteiger partial charge in [0.2, 0.25) is 15.9 Å². The molecule has 150 valence electrons. The van der Waals surface area contributed by atoms with Crippen LogP contribution in [0, 0.1) is 17.0 Å². The van der Waals surface area contributed by atoms with E-state index in [1.807, 2.05) is 11.8 Å². The normalized spacial score (nSPS) is 14.9. The summed E-state index contributed by atoms with van der Waals surface area (Å²) in [7, 11) is -3.78. The third-order valence-electron chi connectivity index (χ3n) is 4.51. The molecule has 1 aliphatic rings. The van der Waals surface area contributed by atoms with Gasteiger partial charge in [0.05, 0.1) is 22.4 Å². The van der Waals surface area contributed by atoms with E-state index in [2.05, 4.69) is 5.32 Å². The molecule has 1 saturated carbocycles. The largest absolute Gasteiger partial charge is 0.354 e. The van der Waals surface area contributed by atoms with Crippen molar-refractivity contribution < 1.29 is 18.1 Å². The molecule has 1 N–H and O–H groups in total. The van der Waals surface area contributed by atoms with E-state index in [4.69, 9.17) is 0 Å². The molecular weight excluding hydrogens is 390 g/mol. The summed E-state index contributed by atoms with van der Waals surface area (Å²) in [6, 6.07) is 4.18. The Morgan fingerprint density at radius 1 is 1.37 bits per heavy atom. The van der Waals surface area contributed by atoms with Crippen molar-refractivity contribution in [2.45, 2.75) is 37.9 Å². The molecule has 1 aromatic carbocycles. The summed E-state index contributed by atoms with van der Waals surface area (Å²) in [5.41, 5.74) is 0.161. The summed E-state index contributed by atoms with van der Waals surface area (Å²) in [5, 5.41) is 14.5. The standard InChI is InChI=1S/C17H25N3O5S2/c1-13-15(8-5-9-16(13)20(22)23)19(27(2,24)25)12-17(21)18-10-11-26-14-6-3-4-7-14/h5,8-9,14H,3-4,6-7,10-12H2,1-2H3,(H,18,21). The van der Waals surface area contributed by atoms with Gasteiger partial charge in [-0.2, -0.15) is 11.8 Å². The number of nitrogens with one attached hydrogen (secondary N) is 1. The van der Waals surface area contributed by atoms with Gasteiger partial charge >= 0.3 is 0 Å². The Kier molecular flexibility index (Phi) is 7.49. The smallest absolute Gasteiger partial charge is 0.274 e. The van der Waals surface area contributed by atoms with Gasteiger partial charge in [0.15, 0.2) is 0 Å². The number of amides is 1. The Balaban J connectivity index is 2.01. The van der Waals surface area contributed by atoms with Crippen LogP contribution in [0.2, 0.25) is 0 Å². The summed E-state index contributed by atoms with van der Waals surface area (Å²) >= 11 is 1.83. The highest BCUT2D eigenvalue weighted by Crippen LogP contribution is 2.30. The number of hydrogen-bond donors (Lipinski definition) is 1. The van der Waals surface area contributed by atoms with Gasteiger partial charge in [-0.25, -0.2) is 8.42 Å². The molecule has 1 aliphatic carbocycles.